The smallest absolute Gasteiger partial charge is 0.408 e. The van der Waals surface area contributed by atoms with Gasteiger partial charge in [0.15, 0.2) is 0 Å². The molecule has 8 heteroatoms. The Balaban J connectivity index is 2.88. The fourth-order valence-electron chi connectivity index (χ4n) is 1.56. The van der Waals surface area contributed by atoms with Gasteiger partial charge in [-0.3, -0.25) is 4.79 Å². The summed E-state index contributed by atoms with van der Waals surface area (Å²) < 4.78 is 6.61. The lowest BCUT2D eigenvalue weighted by molar-refractivity contribution is -0.137. The molecule has 0 saturated heterocycles. The van der Waals surface area contributed by atoms with Crippen molar-refractivity contribution in [2.45, 2.75) is 38.8 Å². The second-order valence-electron chi connectivity index (χ2n) is 5.29. The number of carboxylic acid groups (broad SMARTS) is 1. The van der Waals surface area contributed by atoms with Crippen LogP contribution in [0.4, 0.5) is 4.79 Å². The number of rotatable bonds is 4. The average Bonchev–Trinajstić information content (AvgIpc) is 2.55. The Morgan fingerprint density at radius 1 is 1.55 bits per heavy atom. The number of carbonyl (C=O) groups is 2. The third-order valence-corrected chi connectivity index (χ3v) is 2.70. The lowest BCUT2D eigenvalue weighted by atomic mass is 10.2. The Morgan fingerprint density at radius 3 is 2.55 bits per heavy atom. The molecule has 1 atom stereocenters. The highest BCUT2D eigenvalue weighted by atomic mass is 35.5. The van der Waals surface area contributed by atoms with Crippen molar-refractivity contribution in [1.29, 1.82) is 0 Å². The van der Waals surface area contributed by atoms with Gasteiger partial charge in [0.2, 0.25) is 0 Å². The van der Waals surface area contributed by atoms with E-state index in [2.05, 4.69) is 10.3 Å². The van der Waals surface area contributed by atoms with Crippen molar-refractivity contribution in [3.8, 4) is 0 Å². The number of carbonyl (C=O) groups excluding carboxylic acids is 1. The third kappa shape index (κ3) is 4.73. The minimum atomic E-state index is -1.06. The van der Waals surface area contributed by atoms with E-state index in [9.17, 15) is 9.59 Å². The SMILES string of the molecule is Cn1c(Cl)cnc1[C@H](CC(=O)O)NC(=O)OC(C)(C)C. The Kier molecular flexibility index (Phi) is 4.99. The van der Waals surface area contributed by atoms with Crippen molar-refractivity contribution < 1.29 is 19.4 Å². The van der Waals surface area contributed by atoms with Crippen LogP contribution in [0, 0.1) is 0 Å². The van der Waals surface area contributed by atoms with E-state index in [1.807, 2.05) is 0 Å². The minimum Gasteiger partial charge on any atom is -0.481 e. The molecular weight excluding hydrogens is 286 g/mol. The largest absolute Gasteiger partial charge is 0.481 e. The summed E-state index contributed by atoms with van der Waals surface area (Å²) in [6.45, 7) is 5.16. The molecule has 1 aromatic rings. The zero-order valence-corrected chi connectivity index (χ0v) is 12.6. The highest BCUT2D eigenvalue weighted by Crippen LogP contribution is 2.20. The Morgan fingerprint density at radius 2 is 2.15 bits per heavy atom. The molecule has 1 aromatic heterocycles. The van der Waals surface area contributed by atoms with E-state index in [-0.39, 0.29) is 6.42 Å². The van der Waals surface area contributed by atoms with E-state index in [4.69, 9.17) is 21.4 Å². The number of imidazole rings is 1. The first-order chi connectivity index (χ1) is 9.10. The molecule has 0 saturated carbocycles. The Labute approximate surface area is 121 Å². The molecule has 0 spiro atoms. The molecule has 7 nitrogen and oxygen atoms in total. The van der Waals surface area contributed by atoms with Gasteiger partial charge in [0.1, 0.15) is 22.6 Å². The van der Waals surface area contributed by atoms with Crippen molar-refractivity contribution in [2.75, 3.05) is 0 Å². The summed E-state index contributed by atoms with van der Waals surface area (Å²) in [5, 5.41) is 11.8. The summed E-state index contributed by atoms with van der Waals surface area (Å²) in [5.41, 5.74) is -0.670. The summed E-state index contributed by atoms with van der Waals surface area (Å²) in [6, 6.07) is -0.820. The van der Waals surface area contributed by atoms with Gasteiger partial charge in [0, 0.05) is 7.05 Å². The summed E-state index contributed by atoms with van der Waals surface area (Å²) in [6.07, 6.45) is 0.367. The Bertz CT molecular complexity index is 507. The number of aromatic nitrogens is 2. The second-order valence-corrected chi connectivity index (χ2v) is 5.68. The maximum atomic E-state index is 11.7. The topological polar surface area (TPSA) is 93.5 Å². The molecule has 0 radical (unpaired) electrons. The standard InChI is InChI=1S/C12H18ClN3O4/c1-12(2,3)20-11(19)15-7(5-9(17)18)10-14-6-8(13)16(10)4/h6-7H,5H2,1-4H3,(H,15,19)(H,17,18)/t7-/m0/s1. The van der Waals surface area contributed by atoms with Gasteiger partial charge in [-0.15, -0.1) is 0 Å². The molecule has 0 fully saturated rings. The molecule has 1 rings (SSSR count). The first-order valence-electron chi connectivity index (χ1n) is 5.98. The molecule has 20 heavy (non-hydrogen) atoms. The lowest BCUT2D eigenvalue weighted by Gasteiger charge is -2.22. The van der Waals surface area contributed by atoms with Crippen LogP contribution in [0.5, 0.6) is 0 Å². The molecule has 0 aliphatic carbocycles. The van der Waals surface area contributed by atoms with E-state index in [0.29, 0.717) is 11.0 Å². The molecule has 2 N–H and O–H groups in total. The highest BCUT2D eigenvalue weighted by Gasteiger charge is 2.25. The van der Waals surface area contributed by atoms with Crippen LogP contribution < -0.4 is 5.32 Å². The summed E-state index contributed by atoms with van der Waals surface area (Å²) >= 11 is 5.86. The van der Waals surface area contributed by atoms with Gasteiger partial charge in [-0.1, -0.05) is 11.6 Å². The van der Waals surface area contributed by atoms with Crippen molar-refractivity contribution >= 4 is 23.7 Å². The number of amides is 1. The van der Waals surface area contributed by atoms with Crippen molar-refractivity contribution in [3.63, 3.8) is 0 Å². The third-order valence-electron chi connectivity index (χ3n) is 2.35. The normalized spacial score (nSPS) is 12.8. The zero-order chi connectivity index (χ0) is 15.5. The van der Waals surface area contributed by atoms with Gasteiger partial charge >= 0.3 is 12.1 Å². The first kappa shape index (κ1) is 16.3. The highest BCUT2D eigenvalue weighted by molar-refractivity contribution is 6.29. The number of halogens is 1. The van der Waals surface area contributed by atoms with Crippen LogP contribution in [0.2, 0.25) is 5.15 Å². The molecule has 1 amide bonds. The fraction of sp³-hybridized carbons (Fsp3) is 0.583. The van der Waals surface area contributed by atoms with Crippen LogP contribution in [-0.2, 0) is 16.6 Å². The second kappa shape index (κ2) is 6.13. The van der Waals surface area contributed by atoms with Crippen LogP contribution in [-0.4, -0.2) is 32.3 Å². The van der Waals surface area contributed by atoms with Gasteiger partial charge in [-0.05, 0) is 20.8 Å². The fourth-order valence-corrected chi connectivity index (χ4v) is 1.69. The van der Waals surface area contributed by atoms with Gasteiger partial charge in [0.05, 0.1) is 12.6 Å². The predicted molar refractivity (Wildman–Crippen MR) is 72.6 cm³/mol. The van der Waals surface area contributed by atoms with Gasteiger partial charge < -0.3 is 19.7 Å². The van der Waals surface area contributed by atoms with E-state index in [0.717, 1.165) is 0 Å². The van der Waals surface area contributed by atoms with Crippen molar-refractivity contribution in [1.82, 2.24) is 14.9 Å². The number of nitrogens with one attached hydrogen (secondary N) is 1. The van der Waals surface area contributed by atoms with Crippen LogP contribution in [0.25, 0.3) is 0 Å². The molecule has 112 valence electrons. The molecule has 0 aliphatic heterocycles. The van der Waals surface area contributed by atoms with Crippen LogP contribution in [0.3, 0.4) is 0 Å². The maximum absolute atomic E-state index is 11.7. The van der Waals surface area contributed by atoms with Crippen LogP contribution in [0.15, 0.2) is 6.20 Å². The van der Waals surface area contributed by atoms with Crippen LogP contribution >= 0.6 is 11.6 Å². The zero-order valence-electron chi connectivity index (χ0n) is 11.8. The number of hydrogen-bond donors (Lipinski definition) is 2. The van der Waals surface area contributed by atoms with Gasteiger partial charge in [0.25, 0.3) is 0 Å². The van der Waals surface area contributed by atoms with E-state index >= 15 is 0 Å². The van der Waals surface area contributed by atoms with Crippen LogP contribution in [0.1, 0.15) is 39.1 Å². The minimum absolute atomic E-state index is 0.319. The quantitative estimate of drug-likeness (QED) is 0.888. The number of carboxylic acids is 1. The number of ether oxygens (including phenoxy) is 1. The number of aliphatic carboxylic acids is 1. The van der Waals surface area contributed by atoms with Gasteiger partial charge in [-0.2, -0.15) is 0 Å². The summed E-state index contributed by atoms with van der Waals surface area (Å²) in [5.74, 6) is -0.714. The predicted octanol–water partition coefficient (Wildman–Crippen LogP) is 2.11. The number of alkyl carbamates (subject to hydrolysis) is 1. The lowest BCUT2D eigenvalue weighted by Crippen LogP contribution is -2.36. The summed E-state index contributed by atoms with van der Waals surface area (Å²) in [4.78, 5) is 26.7. The van der Waals surface area contributed by atoms with Crippen molar-refractivity contribution in [3.05, 3.63) is 17.2 Å². The monoisotopic (exact) mass is 303 g/mol. The number of hydrogen-bond acceptors (Lipinski definition) is 4. The molecule has 0 aromatic carbocycles. The summed E-state index contributed by atoms with van der Waals surface area (Å²) in [7, 11) is 1.64. The average molecular weight is 304 g/mol. The first-order valence-corrected chi connectivity index (χ1v) is 6.36. The number of nitrogens with zero attached hydrogens (tertiary/aromatic N) is 2. The molecule has 0 unspecified atom stereocenters. The molecule has 1 heterocycles. The van der Waals surface area contributed by atoms with E-state index in [1.165, 1.54) is 10.8 Å². The van der Waals surface area contributed by atoms with E-state index < -0.39 is 23.7 Å². The maximum Gasteiger partial charge on any atom is 0.408 e. The molecule has 0 bridgehead atoms. The molecule has 0 aliphatic rings. The van der Waals surface area contributed by atoms with Crippen molar-refractivity contribution in [2.24, 2.45) is 7.05 Å². The van der Waals surface area contributed by atoms with Gasteiger partial charge in [-0.25, -0.2) is 9.78 Å². The molecular formula is C12H18ClN3O4. The van der Waals surface area contributed by atoms with E-state index in [1.54, 1.807) is 27.8 Å². The Hall–Kier alpha value is -1.76.